The molecule has 0 bridgehead atoms. The minimum absolute atomic E-state index is 0.0252. The summed E-state index contributed by atoms with van der Waals surface area (Å²) >= 11 is 0. The third-order valence-corrected chi connectivity index (χ3v) is 3.05. The van der Waals surface area contributed by atoms with Gasteiger partial charge in [-0.3, -0.25) is 4.79 Å². The highest BCUT2D eigenvalue weighted by Crippen LogP contribution is 2.26. The van der Waals surface area contributed by atoms with Gasteiger partial charge in [0, 0.05) is 24.7 Å². The largest absolute Gasteiger partial charge is 0.471 e. The second-order valence-corrected chi connectivity index (χ2v) is 4.49. The Kier molecular flexibility index (Phi) is 3.67. The van der Waals surface area contributed by atoms with Crippen LogP contribution in [0.2, 0.25) is 0 Å². The van der Waals surface area contributed by atoms with E-state index < -0.39 is 12.1 Å². The average Bonchev–Trinajstić information content (AvgIpc) is 2.34. The summed E-state index contributed by atoms with van der Waals surface area (Å²) in [7, 11) is 0. The van der Waals surface area contributed by atoms with Crippen LogP contribution in [0, 0.1) is 0 Å². The number of allylic oxidation sites excluding steroid dienone is 2. The Balaban J connectivity index is 2.35. The number of nitrogens with one attached hydrogen (secondary N) is 1. The zero-order valence-electron chi connectivity index (χ0n) is 10.3. The van der Waals surface area contributed by atoms with Crippen molar-refractivity contribution in [2.24, 2.45) is 0 Å². The van der Waals surface area contributed by atoms with E-state index in [2.05, 4.69) is 16.8 Å². The van der Waals surface area contributed by atoms with E-state index >= 15 is 0 Å². The molecule has 1 heterocycles. The molecule has 0 aromatic heterocycles. The van der Waals surface area contributed by atoms with Crippen molar-refractivity contribution < 1.29 is 18.0 Å². The lowest BCUT2D eigenvalue weighted by molar-refractivity contribution is -0.183. The van der Waals surface area contributed by atoms with Crippen LogP contribution in [0.15, 0.2) is 34.9 Å². The Morgan fingerprint density at radius 2 is 2.26 bits per heavy atom. The van der Waals surface area contributed by atoms with Gasteiger partial charge in [-0.05, 0) is 25.5 Å². The Hall–Kier alpha value is -1.74. The van der Waals surface area contributed by atoms with Crippen molar-refractivity contribution in [3.05, 3.63) is 34.9 Å². The van der Waals surface area contributed by atoms with Crippen molar-refractivity contribution in [1.82, 2.24) is 10.2 Å². The summed E-state index contributed by atoms with van der Waals surface area (Å²) in [6.07, 6.45) is -1.49. The van der Waals surface area contributed by atoms with Crippen molar-refractivity contribution in [2.45, 2.75) is 25.6 Å². The molecule has 1 N–H and O–H groups in total. The van der Waals surface area contributed by atoms with Crippen LogP contribution >= 0.6 is 0 Å². The lowest BCUT2D eigenvalue weighted by Gasteiger charge is -2.31. The van der Waals surface area contributed by atoms with Crippen LogP contribution in [-0.2, 0) is 4.79 Å². The third-order valence-electron chi connectivity index (χ3n) is 3.05. The fourth-order valence-electron chi connectivity index (χ4n) is 1.99. The number of carbonyl (C=O) groups excluding carboxylic acids is 1. The topological polar surface area (TPSA) is 32.3 Å². The van der Waals surface area contributed by atoms with Crippen molar-refractivity contribution in [1.29, 1.82) is 0 Å². The van der Waals surface area contributed by atoms with Crippen molar-refractivity contribution in [3.63, 3.8) is 0 Å². The number of nitrogens with zero attached hydrogens (tertiary/aromatic N) is 1. The summed E-state index contributed by atoms with van der Waals surface area (Å²) in [6, 6.07) is 0.0327. The number of carbonyl (C=O) groups is 1. The van der Waals surface area contributed by atoms with Gasteiger partial charge in [-0.15, -0.1) is 0 Å². The molecule has 0 saturated carbocycles. The molecule has 1 aliphatic heterocycles. The van der Waals surface area contributed by atoms with Crippen molar-refractivity contribution >= 4 is 5.91 Å². The number of amides is 1. The lowest BCUT2D eigenvalue weighted by atomic mass is 10.1. The Bertz CT molecular complexity index is 520. The average molecular weight is 270 g/mol. The molecule has 0 spiro atoms. The normalized spacial score (nSPS) is 23.2. The Morgan fingerprint density at radius 1 is 1.53 bits per heavy atom. The van der Waals surface area contributed by atoms with E-state index in [1.54, 1.807) is 0 Å². The molecule has 1 fully saturated rings. The Labute approximate surface area is 108 Å². The molecule has 2 aliphatic rings. The summed E-state index contributed by atoms with van der Waals surface area (Å²) in [4.78, 5) is 12.3. The van der Waals surface area contributed by atoms with Crippen LogP contribution in [0.25, 0.3) is 0 Å². The fourth-order valence-corrected chi connectivity index (χ4v) is 1.99. The number of hydrogen-bond donors (Lipinski definition) is 1. The fraction of sp³-hybridized carbons (Fsp3) is 0.462. The minimum Gasteiger partial charge on any atom is -0.309 e. The number of halogens is 3. The van der Waals surface area contributed by atoms with Crippen LogP contribution in [0.5, 0.6) is 0 Å². The van der Waals surface area contributed by atoms with E-state index in [0.29, 0.717) is 18.5 Å². The van der Waals surface area contributed by atoms with E-state index in [0.717, 1.165) is 4.90 Å². The summed E-state index contributed by atoms with van der Waals surface area (Å²) in [5.41, 5.74) is 6.23. The highest BCUT2D eigenvalue weighted by Gasteiger charge is 2.44. The first-order valence-corrected chi connectivity index (χ1v) is 5.93. The van der Waals surface area contributed by atoms with Gasteiger partial charge in [-0.25, -0.2) is 0 Å². The van der Waals surface area contributed by atoms with Crippen LogP contribution in [-0.4, -0.2) is 36.1 Å². The quantitative estimate of drug-likeness (QED) is 0.682. The van der Waals surface area contributed by atoms with Crippen LogP contribution in [0.1, 0.15) is 13.3 Å². The predicted molar refractivity (Wildman–Crippen MR) is 63.0 cm³/mol. The molecule has 19 heavy (non-hydrogen) atoms. The van der Waals surface area contributed by atoms with E-state index in [9.17, 15) is 18.0 Å². The first-order valence-electron chi connectivity index (χ1n) is 5.93. The van der Waals surface area contributed by atoms with Gasteiger partial charge in [0.2, 0.25) is 0 Å². The Morgan fingerprint density at radius 3 is 2.95 bits per heavy atom. The smallest absolute Gasteiger partial charge is 0.309 e. The third kappa shape index (κ3) is 2.99. The monoisotopic (exact) mass is 270 g/mol. The summed E-state index contributed by atoms with van der Waals surface area (Å²) < 4.78 is 37.9. The van der Waals surface area contributed by atoms with Gasteiger partial charge in [-0.1, -0.05) is 11.5 Å². The second-order valence-electron chi connectivity index (χ2n) is 4.49. The van der Waals surface area contributed by atoms with Gasteiger partial charge in [0.15, 0.2) is 0 Å². The van der Waals surface area contributed by atoms with Crippen LogP contribution in [0.4, 0.5) is 13.2 Å². The summed E-state index contributed by atoms with van der Waals surface area (Å²) in [5.74, 6) is -1.83. The number of rotatable bonds is 0. The van der Waals surface area contributed by atoms with Crippen molar-refractivity contribution in [2.75, 3.05) is 13.1 Å². The van der Waals surface area contributed by atoms with Gasteiger partial charge in [0.1, 0.15) is 0 Å². The van der Waals surface area contributed by atoms with Gasteiger partial charge < -0.3 is 10.2 Å². The number of fused-ring (bicyclic) bond motifs is 1. The molecule has 6 heteroatoms. The van der Waals surface area contributed by atoms with Gasteiger partial charge in [0.05, 0.1) is 5.70 Å². The van der Waals surface area contributed by atoms with Gasteiger partial charge in [-0.2, -0.15) is 13.2 Å². The molecule has 1 unspecified atom stereocenters. The van der Waals surface area contributed by atoms with E-state index in [1.165, 1.54) is 12.2 Å². The van der Waals surface area contributed by atoms with E-state index in [1.807, 2.05) is 6.92 Å². The molecule has 0 radical (unpaired) electrons. The highest BCUT2D eigenvalue weighted by atomic mass is 19.4. The first-order chi connectivity index (χ1) is 8.89. The van der Waals surface area contributed by atoms with Crippen LogP contribution < -0.4 is 5.32 Å². The predicted octanol–water partition coefficient (Wildman–Crippen LogP) is 1.89. The zero-order valence-corrected chi connectivity index (χ0v) is 10.3. The molecular weight excluding hydrogens is 257 g/mol. The molecule has 2 rings (SSSR count). The maximum absolute atomic E-state index is 12.6. The van der Waals surface area contributed by atoms with Crippen LogP contribution in [0.3, 0.4) is 0 Å². The molecular formula is C13H13F3N2O. The second kappa shape index (κ2) is 5.10. The molecule has 1 atom stereocenters. The van der Waals surface area contributed by atoms with Gasteiger partial charge in [0.25, 0.3) is 0 Å². The maximum Gasteiger partial charge on any atom is 0.471 e. The SMILES string of the molecule is CC1CCN(C(=O)C(F)(F)F)C2=CC=C=C=C2CN1. The molecule has 3 nitrogen and oxygen atoms in total. The molecule has 1 aliphatic carbocycles. The highest BCUT2D eigenvalue weighted by molar-refractivity contribution is 5.84. The molecule has 1 amide bonds. The summed E-state index contributed by atoms with van der Waals surface area (Å²) in [6.45, 7) is 2.26. The molecule has 0 aromatic carbocycles. The number of alkyl halides is 3. The number of hydrogen-bond acceptors (Lipinski definition) is 2. The zero-order chi connectivity index (χ0) is 14.0. The van der Waals surface area contributed by atoms with Crippen molar-refractivity contribution in [3.8, 4) is 0 Å². The molecule has 102 valence electrons. The lowest BCUT2D eigenvalue weighted by Crippen LogP contribution is -2.46. The first kappa shape index (κ1) is 13.7. The standard InChI is InChI=1S/C13H13F3N2O/c1-9-6-7-18(12(19)13(14,15)16)11-5-3-2-4-10(11)8-17-9/h3,5,9,17H,6-8H2,1H3. The van der Waals surface area contributed by atoms with Gasteiger partial charge >= 0.3 is 12.1 Å². The summed E-state index contributed by atoms with van der Waals surface area (Å²) in [5, 5.41) is 3.17. The van der Waals surface area contributed by atoms with E-state index in [4.69, 9.17) is 0 Å². The molecule has 0 aromatic rings. The van der Waals surface area contributed by atoms with E-state index in [-0.39, 0.29) is 18.3 Å². The molecule has 1 saturated heterocycles. The minimum atomic E-state index is -4.87. The maximum atomic E-state index is 12.6.